The van der Waals surface area contributed by atoms with Crippen LogP contribution in [0.15, 0.2) is 59.8 Å². The maximum absolute atomic E-state index is 12.1. The fourth-order valence-corrected chi connectivity index (χ4v) is 3.47. The molecule has 0 atom stereocenters. The lowest BCUT2D eigenvalue weighted by molar-refractivity contribution is -0.118. The number of hydrogen-bond donors (Lipinski definition) is 1. The van der Waals surface area contributed by atoms with Crippen molar-refractivity contribution in [3.63, 3.8) is 0 Å². The number of rotatable bonds is 9. The number of amides is 1. The highest BCUT2D eigenvalue weighted by molar-refractivity contribution is 7.99. The molecule has 0 spiro atoms. The predicted molar refractivity (Wildman–Crippen MR) is 112 cm³/mol. The lowest BCUT2D eigenvalue weighted by Crippen LogP contribution is -2.29. The predicted octanol–water partition coefficient (Wildman–Crippen LogP) is 2.71. The van der Waals surface area contributed by atoms with Crippen LogP contribution in [-0.4, -0.2) is 52.0 Å². The number of hydrogen-bond acceptors (Lipinski definition) is 6. The van der Waals surface area contributed by atoms with Gasteiger partial charge in [0.2, 0.25) is 11.1 Å². The van der Waals surface area contributed by atoms with E-state index in [0.717, 1.165) is 24.2 Å². The van der Waals surface area contributed by atoms with Gasteiger partial charge < -0.3 is 10.2 Å². The summed E-state index contributed by atoms with van der Waals surface area (Å²) in [5, 5.41) is 15.4. The highest BCUT2D eigenvalue weighted by Gasteiger charge is 2.12. The van der Waals surface area contributed by atoms with Gasteiger partial charge in [0.15, 0.2) is 0 Å². The molecule has 0 saturated heterocycles. The summed E-state index contributed by atoms with van der Waals surface area (Å²) < 4.78 is 1.67. The summed E-state index contributed by atoms with van der Waals surface area (Å²) in [6, 6.07) is 18.1. The molecule has 0 aliphatic rings. The van der Waals surface area contributed by atoms with E-state index < -0.39 is 0 Å². The van der Waals surface area contributed by atoms with Crippen molar-refractivity contribution in [1.29, 1.82) is 0 Å². The molecule has 0 radical (unpaired) electrons. The molecule has 8 heteroatoms. The van der Waals surface area contributed by atoms with Gasteiger partial charge in [0.25, 0.3) is 0 Å². The van der Waals surface area contributed by atoms with E-state index in [9.17, 15) is 4.79 Å². The Balaban J connectivity index is 1.42. The van der Waals surface area contributed by atoms with Crippen molar-refractivity contribution < 1.29 is 4.79 Å². The maximum Gasteiger partial charge on any atom is 0.230 e. The van der Waals surface area contributed by atoms with E-state index in [0.29, 0.717) is 11.7 Å². The lowest BCUT2D eigenvalue weighted by Gasteiger charge is -2.19. The molecular weight excluding hydrogens is 372 g/mol. The van der Waals surface area contributed by atoms with Crippen LogP contribution in [0.5, 0.6) is 0 Å². The number of para-hydroxylation sites is 2. The van der Waals surface area contributed by atoms with Gasteiger partial charge in [0, 0.05) is 25.8 Å². The zero-order valence-electron chi connectivity index (χ0n) is 16.1. The first-order valence-corrected chi connectivity index (χ1v) is 10.1. The van der Waals surface area contributed by atoms with Crippen molar-refractivity contribution in [2.24, 2.45) is 0 Å². The van der Waals surface area contributed by atoms with Crippen LogP contribution < -0.4 is 10.2 Å². The zero-order chi connectivity index (χ0) is 19.8. The second kappa shape index (κ2) is 9.89. The monoisotopic (exact) mass is 396 g/mol. The number of aromatic nitrogens is 4. The third-order valence-corrected chi connectivity index (χ3v) is 5.23. The lowest BCUT2D eigenvalue weighted by atomic mass is 10.2. The molecule has 1 N–H and O–H groups in total. The highest BCUT2D eigenvalue weighted by Crippen LogP contribution is 2.20. The Bertz CT molecular complexity index is 898. The molecule has 0 bridgehead atoms. The summed E-state index contributed by atoms with van der Waals surface area (Å²) in [6.07, 6.45) is 0.878. The summed E-state index contributed by atoms with van der Waals surface area (Å²) in [7, 11) is 2.05. The molecule has 0 fully saturated rings. The molecule has 0 unspecified atom stereocenters. The molecule has 3 aromatic rings. The van der Waals surface area contributed by atoms with Crippen molar-refractivity contribution in [3.05, 3.63) is 60.2 Å². The van der Waals surface area contributed by atoms with E-state index >= 15 is 0 Å². The van der Waals surface area contributed by atoms with Crippen LogP contribution in [0.4, 0.5) is 5.69 Å². The van der Waals surface area contributed by atoms with Gasteiger partial charge >= 0.3 is 0 Å². The average Bonchev–Trinajstić information content (AvgIpc) is 3.19. The first kappa shape index (κ1) is 19.9. The van der Waals surface area contributed by atoms with Crippen LogP contribution in [0.3, 0.4) is 0 Å². The number of carbonyl (C=O) groups is 1. The van der Waals surface area contributed by atoms with Crippen LogP contribution in [0.25, 0.3) is 5.69 Å². The van der Waals surface area contributed by atoms with E-state index in [-0.39, 0.29) is 11.7 Å². The fourth-order valence-electron chi connectivity index (χ4n) is 2.76. The Kier molecular flexibility index (Phi) is 7.02. The number of nitrogens with one attached hydrogen (secondary N) is 1. The normalized spacial score (nSPS) is 10.6. The van der Waals surface area contributed by atoms with Crippen LogP contribution >= 0.6 is 11.8 Å². The molecule has 1 aromatic heterocycles. The quantitative estimate of drug-likeness (QED) is 0.443. The highest BCUT2D eigenvalue weighted by atomic mass is 32.2. The Morgan fingerprint density at radius 3 is 2.68 bits per heavy atom. The summed E-state index contributed by atoms with van der Waals surface area (Å²) in [4.78, 5) is 14.3. The minimum Gasteiger partial charge on any atom is -0.375 e. The number of benzene rings is 2. The number of tetrazole rings is 1. The Morgan fingerprint density at radius 1 is 1.14 bits per heavy atom. The second-order valence-electron chi connectivity index (χ2n) is 6.41. The molecule has 3 rings (SSSR count). The van der Waals surface area contributed by atoms with E-state index in [1.807, 2.05) is 49.4 Å². The number of anilines is 1. The summed E-state index contributed by atoms with van der Waals surface area (Å²) in [6.45, 7) is 3.52. The minimum absolute atomic E-state index is 0.0216. The molecule has 2 aromatic carbocycles. The molecule has 146 valence electrons. The van der Waals surface area contributed by atoms with Crippen LogP contribution in [0, 0.1) is 6.92 Å². The third-order valence-electron chi connectivity index (χ3n) is 4.31. The van der Waals surface area contributed by atoms with Gasteiger partial charge in [-0.3, -0.25) is 4.79 Å². The zero-order valence-corrected chi connectivity index (χ0v) is 16.9. The van der Waals surface area contributed by atoms with Crippen LogP contribution in [-0.2, 0) is 4.79 Å². The molecular formula is C20H24N6OS. The molecule has 7 nitrogen and oxygen atoms in total. The summed E-state index contributed by atoms with van der Waals surface area (Å²) >= 11 is 1.33. The summed E-state index contributed by atoms with van der Waals surface area (Å²) in [5.74, 6) is 0.257. The molecule has 1 amide bonds. The topological polar surface area (TPSA) is 75.9 Å². The van der Waals surface area contributed by atoms with Crippen molar-refractivity contribution in [1.82, 2.24) is 25.5 Å². The Morgan fingerprint density at radius 2 is 1.89 bits per heavy atom. The number of thioether (sulfide) groups is 1. The van der Waals surface area contributed by atoms with Gasteiger partial charge in [0.05, 0.1) is 11.4 Å². The van der Waals surface area contributed by atoms with Crippen LogP contribution in [0.1, 0.15) is 12.0 Å². The van der Waals surface area contributed by atoms with Crippen molar-refractivity contribution in [2.45, 2.75) is 18.5 Å². The van der Waals surface area contributed by atoms with Gasteiger partial charge in [0.1, 0.15) is 0 Å². The van der Waals surface area contributed by atoms with Crippen molar-refractivity contribution >= 4 is 23.4 Å². The largest absolute Gasteiger partial charge is 0.375 e. The minimum atomic E-state index is -0.0216. The van der Waals surface area contributed by atoms with E-state index in [1.54, 1.807) is 4.68 Å². The van der Waals surface area contributed by atoms with Gasteiger partial charge in [-0.25, -0.2) is 0 Å². The SMILES string of the molecule is Cc1ccccc1-n1nnnc1SCC(=O)NCCCN(C)c1ccccc1. The van der Waals surface area contributed by atoms with Gasteiger partial charge in [-0.2, -0.15) is 4.68 Å². The van der Waals surface area contributed by atoms with Crippen molar-refractivity contribution in [2.75, 3.05) is 30.8 Å². The maximum atomic E-state index is 12.1. The third kappa shape index (κ3) is 5.32. The average molecular weight is 397 g/mol. The van der Waals surface area contributed by atoms with Gasteiger partial charge in [-0.1, -0.05) is 48.2 Å². The van der Waals surface area contributed by atoms with Gasteiger partial charge in [-0.15, -0.1) is 5.10 Å². The van der Waals surface area contributed by atoms with Gasteiger partial charge in [-0.05, 0) is 47.5 Å². The van der Waals surface area contributed by atoms with E-state index in [1.165, 1.54) is 17.4 Å². The Labute approximate surface area is 169 Å². The summed E-state index contributed by atoms with van der Waals surface area (Å²) in [5.41, 5.74) is 3.16. The Hall–Kier alpha value is -2.87. The molecule has 0 aliphatic heterocycles. The first-order valence-electron chi connectivity index (χ1n) is 9.15. The second-order valence-corrected chi connectivity index (χ2v) is 7.35. The molecule has 28 heavy (non-hydrogen) atoms. The first-order chi connectivity index (χ1) is 13.6. The number of carbonyl (C=O) groups excluding carboxylic acids is 1. The number of nitrogens with zero attached hydrogens (tertiary/aromatic N) is 5. The van der Waals surface area contributed by atoms with Crippen molar-refractivity contribution in [3.8, 4) is 5.69 Å². The smallest absolute Gasteiger partial charge is 0.230 e. The fraction of sp³-hybridized carbons (Fsp3) is 0.300. The molecule has 0 aliphatic carbocycles. The molecule has 0 saturated carbocycles. The van der Waals surface area contributed by atoms with Crippen LogP contribution in [0.2, 0.25) is 0 Å². The standard InChI is InChI=1S/C20H24N6OS/c1-16-9-6-7-12-18(16)26-20(22-23-24-26)28-15-19(27)21-13-8-14-25(2)17-10-4-3-5-11-17/h3-7,9-12H,8,13-15H2,1-2H3,(H,21,27). The van der Waals surface area contributed by atoms with E-state index in [2.05, 4.69) is 44.9 Å². The number of aryl methyl sites for hydroxylation is 1. The molecule has 1 heterocycles. The van der Waals surface area contributed by atoms with E-state index in [4.69, 9.17) is 0 Å².